The minimum absolute atomic E-state index is 0.176. The number of ether oxygens (including phenoxy) is 1. The van der Waals surface area contributed by atoms with E-state index >= 15 is 0 Å². The smallest absolute Gasteiger partial charge is 0.264 e. The Bertz CT molecular complexity index is 1180. The van der Waals surface area contributed by atoms with Crippen molar-refractivity contribution in [3.63, 3.8) is 0 Å². The van der Waals surface area contributed by atoms with Crippen LogP contribution >= 0.6 is 15.9 Å². The number of sulfonamides is 1. The van der Waals surface area contributed by atoms with Crippen molar-refractivity contribution in [1.82, 2.24) is 9.78 Å². The number of aryl methyl sites for hydroxylation is 1. The van der Waals surface area contributed by atoms with Crippen LogP contribution in [-0.4, -0.2) is 31.3 Å². The minimum atomic E-state index is -3.76. The molecule has 0 spiro atoms. The Morgan fingerprint density at radius 3 is 2.56 bits per heavy atom. The van der Waals surface area contributed by atoms with E-state index in [4.69, 9.17) is 4.74 Å². The van der Waals surface area contributed by atoms with Crippen molar-refractivity contribution in [2.75, 3.05) is 17.5 Å². The van der Waals surface area contributed by atoms with Crippen molar-refractivity contribution in [1.29, 1.82) is 0 Å². The maximum Gasteiger partial charge on any atom is 0.264 e. The Morgan fingerprint density at radius 1 is 1.19 bits per heavy atom. The number of fused-ring (bicyclic) bond motifs is 1. The summed E-state index contributed by atoms with van der Waals surface area (Å²) < 4.78 is 37.6. The monoisotopic (exact) mass is 519 g/mol. The van der Waals surface area contributed by atoms with Gasteiger partial charge < -0.3 is 4.74 Å². The highest BCUT2D eigenvalue weighted by Crippen LogP contribution is 2.33. The first kappa shape index (κ1) is 23.3. The second-order valence-electron chi connectivity index (χ2n) is 8.69. The van der Waals surface area contributed by atoms with Crippen LogP contribution in [0.3, 0.4) is 0 Å². The van der Waals surface area contributed by atoms with Gasteiger partial charge in [-0.3, -0.25) is 4.31 Å². The Kier molecular flexibility index (Phi) is 6.93. The molecule has 0 bridgehead atoms. The number of anilines is 1. The lowest BCUT2D eigenvalue weighted by atomic mass is 10.1. The van der Waals surface area contributed by atoms with Gasteiger partial charge in [-0.1, -0.05) is 32.9 Å². The lowest BCUT2D eigenvalue weighted by molar-refractivity contribution is -0.0368. The third kappa shape index (κ3) is 4.58. The summed E-state index contributed by atoms with van der Waals surface area (Å²) in [6, 6.07) is 13.0. The molecule has 0 saturated carbocycles. The van der Waals surface area contributed by atoms with Gasteiger partial charge in [0.1, 0.15) is 4.60 Å². The van der Waals surface area contributed by atoms with E-state index in [2.05, 4.69) is 28.0 Å². The van der Waals surface area contributed by atoms with E-state index in [0.717, 1.165) is 36.6 Å². The van der Waals surface area contributed by atoms with E-state index in [0.29, 0.717) is 23.4 Å². The van der Waals surface area contributed by atoms with Crippen LogP contribution in [0, 0.1) is 5.92 Å². The van der Waals surface area contributed by atoms with E-state index in [1.165, 1.54) is 9.87 Å². The van der Waals surface area contributed by atoms with Gasteiger partial charge in [0.05, 0.1) is 16.1 Å². The number of halogens is 1. The topological polar surface area (TPSA) is 64.4 Å². The Morgan fingerprint density at radius 2 is 1.94 bits per heavy atom. The third-order valence-corrected chi connectivity index (χ3v) is 8.19. The number of nitrogens with zero attached hydrogens (tertiary/aromatic N) is 3. The summed E-state index contributed by atoms with van der Waals surface area (Å²) in [6.07, 6.45) is 3.71. The standard InChI is InChI=1S/C24H30BrN3O3S/c1-4-18-8-10-19(11-9-18)27(16-17(2)3)32(29,30)20-12-13-21-22(15-20)28(26-24(21)25)23-7-5-6-14-31-23/h8-13,15,17,23H,4-7,14,16H2,1-3H3. The van der Waals surface area contributed by atoms with Crippen LogP contribution in [0.1, 0.15) is 51.8 Å². The molecular formula is C24H30BrN3O3S. The molecule has 172 valence electrons. The van der Waals surface area contributed by atoms with E-state index in [1.54, 1.807) is 12.1 Å². The molecule has 32 heavy (non-hydrogen) atoms. The van der Waals surface area contributed by atoms with E-state index in [1.807, 2.05) is 48.9 Å². The van der Waals surface area contributed by atoms with Crippen molar-refractivity contribution >= 4 is 42.5 Å². The maximum atomic E-state index is 13.8. The molecule has 6 nitrogen and oxygen atoms in total. The van der Waals surface area contributed by atoms with Gasteiger partial charge in [-0.15, -0.1) is 0 Å². The van der Waals surface area contributed by atoms with Crippen molar-refractivity contribution < 1.29 is 13.2 Å². The predicted octanol–water partition coefficient (Wildman–Crippen LogP) is 5.91. The van der Waals surface area contributed by atoms with Gasteiger partial charge in [0.2, 0.25) is 0 Å². The molecule has 0 radical (unpaired) electrons. The Balaban J connectivity index is 1.78. The molecular weight excluding hydrogens is 490 g/mol. The molecule has 1 atom stereocenters. The summed E-state index contributed by atoms with van der Waals surface area (Å²) >= 11 is 3.52. The minimum Gasteiger partial charge on any atom is -0.356 e. The highest BCUT2D eigenvalue weighted by Gasteiger charge is 2.28. The SMILES string of the molecule is CCc1ccc(N(CC(C)C)S(=O)(=O)c2ccc3c(Br)nn(C4CCCCO4)c3c2)cc1. The van der Waals surface area contributed by atoms with Gasteiger partial charge in [0.25, 0.3) is 10.0 Å². The van der Waals surface area contributed by atoms with Crippen LogP contribution in [-0.2, 0) is 21.2 Å². The lowest BCUT2D eigenvalue weighted by Crippen LogP contribution is -2.34. The molecule has 0 amide bonds. The highest BCUT2D eigenvalue weighted by molar-refractivity contribution is 9.10. The lowest BCUT2D eigenvalue weighted by Gasteiger charge is -2.27. The van der Waals surface area contributed by atoms with Crippen LogP contribution in [0.4, 0.5) is 5.69 Å². The average Bonchev–Trinajstić information content (AvgIpc) is 3.14. The van der Waals surface area contributed by atoms with Crippen LogP contribution in [0.15, 0.2) is 52.0 Å². The van der Waals surface area contributed by atoms with E-state index in [-0.39, 0.29) is 17.0 Å². The molecule has 1 unspecified atom stereocenters. The van der Waals surface area contributed by atoms with Crippen molar-refractivity contribution in [2.24, 2.45) is 5.92 Å². The van der Waals surface area contributed by atoms with Gasteiger partial charge in [0.15, 0.2) is 6.23 Å². The molecule has 1 fully saturated rings. The summed E-state index contributed by atoms with van der Waals surface area (Å²) in [5.41, 5.74) is 2.62. The fourth-order valence-corrected chi connectivity index (χ4v) is 6.23. The van der Waals surface area contributed by atoms with Gasteiger partial charge >= 0.3 is 0 Å². The highest BCUT2D eigenvalue weighted by atomic mass is 79.9. The Labute approximate surface area is 198 Å². The zero-order valence-electron chi connectivity index (χ0n) is 18.8. The number of benzene rings is 2. The average molecular weight is 520 g/mol. The Hall–Kier alpha value is -1.90. The summed E-state index contributed by atoms with van der Waals surface area (Å²) in [5, 5.41) is 5.48. The summed E-state index contributed by atoms with van der Waals surface area (Å²) in [4.78, 5) is 0.259. The summed E-state index contributed by atoms with van der Waals surface area (Å²) in [6.45, 7) is 7.24. The third-order valence-electron chi connectivity index (χ3n) is 5.81. The van der Waals surface area contributed by atoms with Crippen molar-refractivity contribution in [3.05, 3.63) is 52.6 Å². The second-order valence-corrected chi connectivity index (χ2v) is 11.3. The summed E-state index contributed by atoms with van der Waals surface area (Å²) in [7, 11) is -3.76. The fraction of sp³-hybridized carbons (Fsp3) is 0.458. The number of aromatic nitrogens is 2. The normalized spacial score (nSPS) is 17.2. The first-order valence-corrected chi connectivity index (χ1v) is 13.5. The molecule has 1 saturated heterocycles. The molecule has 3 aromatic rings. The largest absolute Gasteiger partial charge is 0.356 e. The molecule has 1 aliphatic rings. The van der Waals surface area contributed by atoms with Crippen LogP contribution in [0.2, 0.25) is 0 Å². The zero-order valence-corrected chi connectivity index (χ0v) is 21.2. The quantitative estimate of drug-likeness (QED) is 0.389. The van der Waals surface area contributed by atoms with Crippen LogP contribution < -0.4 is 4.31 Å². The molecule has 2 aromatic carbocycles. The van der Waals surface area contributed by atoms with Crippen molar-refractivity contribution in [3.8, 4) is 0 Å². The van der Waals surface area contributed by atoms with Gasteiger partial charge in [-0.25, -0.2) is 13.1 Å². The predicted molar refractivity (Wildman–Crippen MR) is 131 cm³/mol. The molecule has 0 aliphatic carbocycles. The molecule has 1 aromatic heterocycles. The number of rotatable bonds is 7. The second kappa shape index (κ2) is 9.53. The first-order chi connectivity index (χ1) is 15.3. The molecule has 8 heteroatoms. The van der Waals surface area contributed by atoms with E-state index < -0.39 is 10.0 Å². The number of hydrogen-bond acceptors (Lipinski definition) is 4. The molecule has 0 N–H and O–H groups in total. The summed E-state index contributed by atoms with van der Waals surface area (Å²) in [5.74, 6) is 0.176. The maximum absolute atomic E-state index is 13.8. The zero-order chi connectivity index (χ0) is 22.9. The van der Waals surface area contributed by atoms with Crippen molar-refractivity contribution in [2.45, 2.75) is 57.6 Å². The number of hydrogen-bond donors (Lipinski definition) is 0. The fourth-order valence-electron chi connectivity index (χ4n) is 4.07. The van der Waals surface area contributed by atoms with Gasteiger partial charge in [0, 0.05) is 18.5 Å². The van der Waals surface area contributed by atoms with E-state index in [9.17, 15) is 8.42 Å². The van der Waals surface area contributed by atoms with Crippen LogP contribution in [0.5, 0.6) is 0 Å². The van der Waals surface area contributed by atoms with Gasteiger partial charge in [-0.05, 0) is 83.4 Å². The van der Waals surface area contributed by atoms with Gasteiger partial charge in [-0.2, -0.15) is 5.10 Å². The first-order valence-electron chi connectivity index (χ1n) is 11.2. The molecule has 1 aliphatic heterocycles. The van der Waals surface area contributed by atoms with Crippen LogP contribution in [0.25, 0.3) is 10.9 Å². The molecule has 4 rings (SSSR count). The molecule has 2 heterocycles.